The largest absolute Gasteiger partial charge is 0.354 e. The zero-order chi connectivity index (χ0) is 17.6. The van der Waals surface area contributed by atoms with Gasteiger partial charge in [-0.2, -0.15) is 8.42 Å². The summed E-state index contributed by atoms with van der Waals surface area (Å²) in [4.78, 5) is 11.3. The number of rotatable bonds is 1. The van der Waals surface area contributed by atoms with E-state index in [1.54, 1.807) is 0 Å². The fourth-order valence-corrected chi connectivity index (χ4v) is 4.09. The van der Waals surface area contributed by atoms with Crippen molar-refractivity contribution in [3.05, 3.63) is 41.7 Å². The Hall–Kier alpha value is -2.48. The van der Waals surface area contributed by atoms with Gasteiger partial charge < -0.3 is 4.90 Å². The molecule has 0 radical (unpaired) electrons. The zero-order valence-corrected chi connectivity index (χ0v) is 15.0. The first kappa shape index (κ1) is 16.0. The third-order valence-electron chi connectivity index (χ3n) is 4.56. The summed E-state index contributed by atoms with van der Waals surface area (Å²) >= 11 is 0. The highest BCUT2D eigenvalue weighted by molar-refractivity contribution is 7.91. The Morgan fingerprint density at radius 1 is 1.00 bits per heavy atom. The molecule has 7 nitrogen and oxygen atoms in total. The number of nitrogens with zero attached hydrogens (tertiary/aromatic N) is 5. The first-order chi connectivity index (χ1) is 12.0. The van der Waals surface area contributed by atoms with Crippen molar-refractivity contribution < 1.29 is 8.42 Å². The summed E-state index contributed by atoms with van der Waals surface area (Å²) in [5, 5.41) is 0. The van der Waals surface area contributed by atoms with Gasteiger partial charge in [-0.05, 0) is 19.8 Å². The Bertz CT molecular complexity index is 951. The summed E-state index contributed by atoms with van der Waals surface area (Å²) in [6.07, 6.45) is 2.05. The third kappa shape index (κ3) is 2.66. The molecule has 0 aliphatic carbocycles. The van der Waals surface area contributed by atoms with Crippen molar-refractivity contribution in [3.63, 3.8) is 0 Å². The van der Waals surface area contributed by atoms with Gasteiger partial charge in [0.2, 0.25) is 0 Å². The summed E-state index contributed by atoms with van der Waals surface area (Å²) < 4.78 is 30.0. The maximum atomic E-state index is 12.4. The van der Waals surface area contributed by atoms with E-state index in [-0.39, 0.29) is 0 Å². The standard InChI is InChI=1S/C17H19N5O2S/c1-12-14(13-8-4-3-5-9-13)19-15-16(18-12)21(2)25(23,24)20-17(15)22-10-6-7-11-22/h3-5,8-9H,6-7,10-11H2,1-2H3. The van der Waals surface area contributed by atoms with Crippen LogP contribution in [0.25, 0.3) is 11.3 Å². The molecule has 2 aliphatic rings. The molecule has 2 aliphatic heterocycles. The van der Waals surface area contributed by atoms with Crippen LogP contribution in [0.15, 0.2) is 34.7 Å². The van der Waals surface area contributed by atoms with Crippen molar-refractivity contribution in [2.75, 3.05) is 24.4 Å². The highest BCUT2D eigenvalue weighted by Gasteiger charge is 2.35. The van der Waals surface area contributed by atoms with Crippen LogP contribution < -0.4 is 4.31 Å². The lowest BCUT2D eigenvalue weighted by Crippen LogP contribution is -2.39. The molecule has 130 valence electrons. The van der Waals surface area contributed by atoms with Gasteiger partial charge >= 0.3 is 10.2 Å². The van der Waals surface area contributed by atoms with E-state index < -0.39 is 10.2 Å². The van der Waals surface area contributed by atoms with E-state index in [1.807, 2.05) is 42.2 Å². The lowest BCUT2D eigenvalue weighted by Gasteiger charge is -2.29. The molecule has 1 saturated heterocycles. The predicted molar refractivity (Wildman–Crippen MR) is 96.9 cm³/mol. The molecule has 0 N–H and O–H groups in total. The number of benzene rings is 1. The van der Waals surface area contributed by atoms with Gasteiger partial charge in [0.15, 0.2) is 17.3 Å². The van der Waals surface area contributed by atoms with Crippen LogP contribution in [0.3, 0.4) is 0 Å². The topological polar surface area (TPSA) is 78.8 Å². The molecule has 0 spiro atoms. The van der Waals surface area contributed by atoms with E-state index >= 15 is 0 Å². The molecule has 4 rings (SSSR count). The predicted octanol–water partition coefficient (Wildman–Crippen LogP) is 1.99. The van der Waals surface area contributed by atoms with E-state index in [0.717, 1.165) is 41.5 Å². The van der Waals surface area contributed by atoms with Crippen LogP contribution in [-0.4, -0.2) is 49.3 Å². The number of fused-ring (bicyclic) bond motifs is 1. The van der Waals surface area contributed by atoms with Gasteiger partial charge in [-0.1, -0.05) is 30.3 Å². The summed E-state index contributed by atoms with van der Waals surface area (Å²) in [6.45, 7) is 3.42. The SMILES string of the molecule is Cc1nc2c(nc1-c1ccccc1)C(N1CCCC1)=NS(=O)(=O)N2C. The molecule has 1 aromatic carbocycles. The second-order valence-corrected chi connectivity index (χ2v) is 7.88. The molecular weight excluding hydrogens is 338 g/mol. The van der Waals surface area contributed by atoms with Gasteiger partial charge in [-0.15, -0.1) is 4.40 Å². The van der Waals surface area contributed by atoms with Crippen molar-refractivity contribution in [1.29, 1.82) is 0 Å². The molecule has 2 aromatic rings. The number of aryl methyl sites for hydroxylation is 1. The number of anilines is 1. The summed E-state index contributed by atoms with van der Waals surface area (Å²) in [6, 6.07) is 9.78. The van der Waals surface area contributed by atoms with Gasteiger partial charge in [0.1, 0.15) is 0 Å². The molecule has 25 heavy (non-hydrogen) atoms. The van der Waals surface area contributed by atoms with E-state index in [9.17, 15) is 8.42 Å². The lowest BCUT2D eigenvalue weighted by molar-refractivity contribution is 0.517. The molecule has 0 amide bonds. The highest BCUT2D eigenvalue weighted by Crippen LogP contribution is 2.31. The third-order valence-corrected chi connectivity index (χ3v) is 5.83. The number of likely N-dealkylation sites (tertiary alicyclic amines) is 1. The molecule has 0 unspecified atom stereocenters. The van der Waals surface area contributed by atoms with Gasteiger partial charge in [0.25, 0.3) is 0 Å². The zero-order valence-electron chi connectivity index (χ0n) is 14.2. The molecule has 3 heterocycles. The lowest BCUT2D eigenvalue weighted by atomic mass is 10.1. The second-order valence-electron chi connectivity index (χ2n) is 6.25. The number of aromatic nitrogens is 2. The van der Waals surface area contributed by atoms with E-state index in [0.29, 0.717) is 23.0 Å². The van der Waals surface area contributed by atoms with Crippen molar-refractivity contribution in [3.8, 4) is 11.3 Å². The highest BCUT2D eigenvalue weighted by atomic mass is 32.2. The minimum atomic E-state index is -3.78. The second kappa shape index (κ2) is 5.80. The van der Waals surface area contributed by atoms with E-state index in [4.69, 9.17) is 4.98 Å². The maximum Gasteiger partial charge on any atom is 0.347 e. The average molecular weight is 357 g/mol. The van der Waals surface area contributed by atoms with Crippen molar-refractivity contribution in [1.82, 2.24) is 14.9 Å². The number of hydrogen-bond acceptors (Lipinski definition) is 5. The first-order valence-corrected chi connectivity index (χ1v) is 9.65. The first-order valence-electron chi connectivity index (χ1n) is 8.25. The van der Waals surface area contributed by atoms with Gasteiger partial charge in [-0.3, -0.25) is 0 Å². The minimum Gasteiger partial charge on any atom is -0.354 e. The van der Waals surface area contributed by atoms with Crippen LogP contribution in [-0.2, 0) is 10.2 Å². The molecule has 1 aromatic heterocycles. The number of amidine groups is 1. The van der Waals surface area contributed by atoms with Crippen molar-refractivity contribution >= 4 is 21.9 Å². The molecule has 0 atom stereocenters. The fraction of sp³-hybridized carbons (Fsp3) is 0.353. The van der Waals surface area contributed by atoms with Crippen molar-refractivity contribution in [2.24, 2.45) is 4.40 Å². The number of hydrogen-bond donors (Lipinski definition) is 0. The van der Waals surface area contributed by atoms with E-state index in [2.05, 4.69) is 9.38 Å². The Morgan fingerprint density at radius 2 is 1.68 bits per heavy atom. The van der Waals surface area contributed by atoms with Gasteiger partial charge in [0.05, 0.1) is 11.4 Å². The van der Waals surface area contributed by atoms with Crippen LogP contribution in [0.1, 0.15) is 24.2 Å². The van der Waals surface area contributed by atoms with Crippen LogP contribution in [0, 0.1) is 6.92 Å². The minimum absolute atomic E-state index is 0.342. The molecule has 1 fully saturated rings. The summed E-state index contributed by atoms with van der Waals surface area (Å²) in [7, 11) is -2.31. The smallest absolute Gasteiger partial charge is 0.347 e. The fourth-order valence-electron chi connectivity index (χ4n) is 3.21. The van der Waals surface area contributed by atoms with Crippen LogP contribution >= 0.6 is 0 Å². The maximum absolute atomic E-state index is 12.4. The summed E-state index contributed by atoms with van der Waals surface area (Å²) in [5.41, 5.74) is 2.92. The Labute approximate surface area is 147 Å². The van der Waals surface area contributed by atoms with Crippen LogP contribution in [0.2, 0.25) is 0 Å². The molecule has 0 saturated carbocycles. The normalized spacial score (nSPS) is 18.9. The van der Waals surface area contributed by atoms with Crippen LogP contribution in [0.4, 0.5) is 5.82 Å². The van der Waals surface area contributed by atoms with Gasteiger partial charge in [0, 0.05) is 25.7 Å². The quantitative estimate of drug-likeness (QED) is 0.780. The average Bonchev–Trinajstić information content (AvgIpc) is 3.13. The molecule has 8 heteroatoms. The molecule has 0 bridgehead atoms. The Kier molecular flexibility index (Phi) is 3.72. The Balaban J connectivity index is 1.93. The van der Waals surface area contributed by atoms with Gasteiger partial charge in [-0.25, -0.2) is 14.3 Å². The van der Waals surface area contributed by atoms with Crippen molar-refractivity contribution in [2.45, 2.75) is 19.8 Å². The molecular formula is C17H19N5O2S. The monoisotopic (exact) mass is 357 g/mol. The van der Waals surface area contributed by atoms with Crippen LogP contribution in [0.5, 0.6) is 0 Å². The van der Waals surface area contributed by atoms with E-state index in [1.165, 1.54) is 7.05 Å². The Morgan fingerprint density at radius 3 is 2.36 bits per heavy atom. The summed E-state index contributed by atoms with van der Waals surface area (Å²) in [5.74, 6) is 0.754.